The Kier molecular flexibility index (Phi) is 8.71. The van der Waals surface area contributed by atoms with Gasteiger partial charge in [-0.25, -0.2) is 0 Å². The molecule has 6 nitrogen and oxygen atoms in total. The van der Waals surface area contributed by atoms with E-state index in [1.807, 2.05) is 30.3 Å². The van der Waals surface area contributed by atoms with Crippen LogP contribution in [0.5, 0.6) is 5.75 Å². The van der Waals surface area contributed by atoms with Gasteiger partial charge in [-0.1, -0.05) is 30.3 Å². The highest BCUT2D eigenvalue weighted by molar-refractivity contribution is 7.85. The van der Waals surface area contributed by atoms with Crippen LogP contribution in [-0.4, -0.2) is 49.3 Å². The largest absolute Gasteiger partial charge is 0.493 e. The summed E-state index contributed by atoms with van der Waals surface area (Å²) in [6.07, 6.45) is 1.06. The van der Waals surface area contributed by atoms with Crippen molar-refractivity contribution in [2.75, 3.05) is 39.2 Å². The smallest absolute Gasteiger partial charge is 0.191 e. The normalized spacial score (nSPS) is 17.5. The molecule has 2 N–H and O–H groups in total. The molecule has 1 heterocycles. The molecule has 0 spiro atoms. The van der Waals surface area contributed by atoms with E-state index in [1.54, 1.807) is 7.05 Å². The minimum absolute atomic E-state index is 0.464. The van der Waals surface area contributed by atoms with Gasteiger partial charge in [0, 0.05) is 48.9 Å². The van der Waals surface area contributed by atoms with Crippen molar-refractivity contribution in [1.82, 2.24) is 10.6 Å². The van der Waals surface area contributed by atoms with Gasteiger partial charge in [-0.3, -0.25) is 9.20 Å². The fourth-order valence-corrected chi connectivity index (χ4v) is 4.20. The molecule has 1 aliphatic heterocycles. The van der Waals surface area contributed by atoms with Crippen LogP contribution in [0, 0.1) is 12.8 Å². The van der Waals surface area contributed by atoms with Crippen LogP contribution in [0.1, 0.15) is 17.5 Å². The molecule has 1 aliphatic rings. The molecule has 1 fully saturated rings. The van der Waals surface area contributed by atoms with Gasteiger partial charge in [0.15, 0.2) is 5.96 Å². The molecule has 0 radical (unpaired) electrons. The summed E-state index contributed by atoms with van der Waals surface area (Å²) in [5.41, 5.74) is 2.25. The third-order valence-corrected chi connectivity index (χ3v) is 6.35. The molecule has 0 saturated carbocycles. The third-order valence-electron chi connectivity index (χ3n) is 4.98. The quantitative estimate of drug-likeness (QED) is 0.474. The summed E-state index contributed by atoms with van der Waals surface area (Å²) in [6.45, 7) is 5.51. The van der Waals surface area contributed by atoms with E-state index >= 15 is 0 Å². The highest BCUT2D eigenvalue weighted by Crippen LogP contribution is 2.22. The van der Waals surface area contributed by atoms with Crippen molar-refractivity contribution >= 4 is 16.8 Å². The maximum atomic E-state index is 12.3. The molecule has 0 aliphatic carbocycles. The van der Waals surface area contributed by atoms with E-state index in [4.69, 9.17) is 9.47 Å². The highest BCUT2D eigenvalue weighted by Gasteiger charge is 2.17. The number of nitrogens with zero attached hydrogens (tertiary/aromatic N) is 1. The van der Waals surface area contributed by atoms with Crippen molar-refractivity contribution in [2.45, 2.75) is 24.8 Å². The van der Waals surface area contributed by atoms with Crippen molar-refractivity contribution in [2.24, 2.45) is 10.9 Å². The van der Waals surface area contributed by atoms with Gasteiger partial charge < -0.3 is 20.1 Å². The summed E-state index contributed by atoms with van der Waals surface area (Å²) < 4.78 is 23.9. The summed E-state index contributed by atoms with van der Waals surface area (Å²) in [6, 6.07) is 15.8. The van der Waals surface area contributed by atoms with Crippen molar-refractivity contribution in [3.63, 3.8) is 0 Å². The number of rotatable bonds is 9. The van der Waals surface area contributed by atoms with Crippen LogP contribution in [0.25, 0.3) is 0 Å². The lowest BCUT2D eigenvalue weighted by Gasteiger charge is -2.17. The van der Waals surface area contributed by atoms with E-state index in [0.717, 1.165) is 35.8 Å². The van der Waals surface area contributed by atoms with Crippen molar-refractivity contribution in [3.05, 3.63) is 59.7 Å². The molecule has 7 heteroatoms. The number of benzene rings is 2. The zero-order chi connectivity index (χ0) is 21.2. The Labute approximate surface area is 181 Å². The lowest BCUT2D eigenvalue weighted by atomic mass is 10.1. The number of hydrogen-bond donors (Lipinski definition) is 2. The Morgan fingerprint density at radius 2 is 2.07 bits per heavy atom. The third kappa shape index (κ3) is 6.85. The molecule has 2 unspecified atom stereocenters. The Bertz CT molecular complexity index is 852. The lowest BCUT2D eigenvalue weighted by molar-refractivity contribution is 0.166. The van der Waals surface area contributed by atoms with Gasteiger partial charge in [0.1, 0.15) is 5.75 Å². The second kappa shape index (κ2) is 11.7. The number of nitrogens with one attached hydrogen (secondary N) is 2. The lowest BCUT2D eigenvalue weighted by Crippen LogP contribution is -2.38. The Hall–Kier alpha value is -2.38. The van der Waals surface area contributed by atoms with E-state index < -0.39 is 10.8 Å². The van der Waals surface area contributed by atoms with Crippen LogP contribution in [0.2, 0.25) is 0 Å². The second-order valence-corrected chi connectivity index (χ2v) is 8.94. The van der Waals surface area contributed by atoms with E-state index in [2.05, 4.69) is 40.7 Å². The summed E-state index contributed by atoms with van der Waals surface area (Å²) in [7, 11) is 0.705. The average molecular weight is 430 g/mol. The molecule has 30 heavy (non-hydrogen) atoms. The molecule has 2 atom stereocenters. The zero-order valence-electron chi connectivity index (χ0n) is 17.7. The minimum atomic E-state index is -1.03. The van der Waals surface area contributed by atoms with Crippen LogP contribution in [0.4, 0.5) is 0 Å². The maximum Gasteiger partial charge on any atom is 0.191 e. The van der Waals surface area contributed by atoms with Crippen molar-refractivity contribution in [1.29, 1.82) is 0 Å². The molecule has 2 aromatic carbocycles. The summed E-state index contributed by atoms with van der Waals surface area (Å²) in [5, 5.41) is 6.56. The zero-order valence-corrected chi connectivity index (χ0v) is 18.5. The molecular formula is C23H31N3O3S. The van der Waals surface area contributed by atoms with Gasteiger partial charge in [-0.15, -0.1) is 0 Å². The van der Waals surface area contributed by atoms with Gasteiger partial charge in [-0.05, 0) is 37.1 Å². The molecule has 0 bridgehead atoms. The Balaban J connectivity index is 1.48. The second-order valence-electron chi connectivity index (χ2n) is 7.37. The Morgan fingerprint density at radius 1 is 1.23 bits per heavy atom. The number of aliphatic imine (C=N–C) groups is 1. The topological polar surface area (TPSA) is 72.0 Å². The summed E-state index contributed by atoms with van der Waals surface area (Å²) >= 11 is 0. The predicted molar refractivity (Wildman–Crippen MR) is 122 cm³/mol. The fourth-order valence-electron chi connectivity index (χ4n) is 3.22. The summed E-state index contributed by atoms with van der Waals surface area (Å²) in [5.74, 6) is 2.56. The number of ether oxygens (including phenoxy) is 2. The number of hydrogen-bond acceptors (Lipinski definition) is 4. The molecule has 0 aromatic heterocycles. The van der Waals surface area contributed by atoms with Crippen LogP contribution in [0.15, 0.2) is 58.4 Å². The van der Waals surface area contributed by atoms with E-state index in [-0.39, 0.29) is 0 Å². The van der Waals surface area contributed by atoms with E-state index in [1.165, 1.54) is 5.56 Å². The van der Waals surface area contributed by atoms with Gasteiger partial charge in [0.2, 0.25) is 0 Å². The maximum absolute atomic E-state index is 12.3. The van der Waals surface area contributed by atoms with Crippen molar-refractivity contribution < 1.29 is 13.7 Å². The Morgan fingerprint density at radius 3 is 2.80 bits per heavy atom. The minimum Gasteiger partial charge on any atom is -0.493 e. The first-order valence-electron chi connectivity index (χ1n) is 10.3. The standard InChI is InChI=1S/C23H31N3O3S/c1-18-8-9-20(22(14-18)29-17-19-10-12-28-16-19)15-26-23(24-2)25-11-13-30(27)21-6-4-3-5-7-21/h3-9,14,19H,10-13,15-17H2,1-2H3,(H2,24,25,26). The van der Waals surface area contributed by atoms with Crippen LogP contribution in [0.3, 0.4) is 0 Å². The van der Waals surface area contributed by atoms with Crippen LogP contribution in [-0.2, 0) is 22.1 Å². The van der Waals surface area contributed by atoms with Crippen LogP contribution < -0.4 is 15.4 Å². The van der Waals surface area contributed by atoms with Gasteiger partial charge >= 0.3 is 0 Å². The molecule has 2 aromatic rings. The first-order chi connectivity index (χ1) is 14.7. The van der Waals surface area contributed by atoms with E-state index in [9.17, 15) is 4.21 Å². The van der Waals surface area contributed by atoms with Gasteiger partial charge in [0.25, 0.3) is 0 Å². The first kappa shape index (κ1) is 22.3. The van der Waals surface area contributed by atoms with Gasteiger partial charge in [0.05, 0.1) is 24.0 Å². The molecule has 3 rings (SSSR count). The van der Waals surface area contributed by atoms with Crippen LogP contribution >= 0.6 is 0 Å². The monoisotopic (exact) mass is 429 g/mol. The fraction of sp³-hybridized carbons (Fsp3) is 0.435. The average Bonchev–Trinajstić information content (AvgIpc) is 3.29. The summed E-state index contributed by atoms with van der Waals surface area (Å²) in [4.78, 5) is 5.11. The first-order valence-corrected chi connectivity index (χ1v) is 11.7. The number of guanidine groups is 1. The highest BCUT2D eigenvalue weighted by atomic mass is 32.2. The molecule has 1 saturated heterocycles. The number of aryl methyl sites for hydroxylation is 1. The van der Waals surface area contributed by atoms with Crippen molar-refractivity contribution in [3.8, 4) is 5.75 Å². The molecular weight excluding hydrogens is 398 g/mol. The molecule has 0 amide bonds. The SMILES string of the molecule is CN=C(NCCS(=O)c1ccccc1)NCc1ccc(C)cc1OCC1CCOC1. The predicted octanol–water partition coefficient (Wildman–Crippen LogP) is 2.88. The van der Waals surface area contributed by atoms with E-state index in [0.29, 0.717) is 37.3 Å². The molecule has 162 valence electrons. The van der Waals surface area contributed by atoms with Gasteiger partial charge in [-0.2, -0.15) is 0 Å².